The van der Waals surface area contributed by atoms with Gasteiger partial charge in [-0.15, -0.1) is 0 Å². The van der Waals surface area contributed by atoms with Gasteiger partial charge in [-0.2, -0.15) is 5.26 Å². The van der Waals surface area contributed by atoms with Crippen LogP contribution in [0.4, 0.5) is 0 Å². The van der Waals surface area contributed by atoms with Gasteiger partial charge in [0.15, 0.2) is 0 Å². The summed E-state index contributed by atoms with van der Waals surface area (Å²) in [6, 6.07) is 5.96. The molecule has 2 rings (SSSR count). The van der Waals surface area contributed by atoms with Gasteiger partial charge in [0.25, 0.3) is 0 Å². The molecule has 1 aromatic heterocycles. The standard InChI is InChI=1S/C17H19N3O2/c1-4-16(22-14-8-13(9-14)20-12(3)21)15-6-5-7-19-17(15)11(2)10-18/h4-7,13-14H,1,8-9H2,2-3H3,(H,20,21)/b16-15+,17-11-. The second kappa shape index (κ2) is 6.90. The molecule has 0 spiro atoms. The van der Waals surface area contributed by atoms with Crippen LogP contribution < -0.4 is 15.9 Å². The lowest BCUT2D eigenvalue weighted by atomic mass is 9.89. The van der Waals surface area contributed by atoms with Crippen LogP contribution in [0.15, 0.2) is 31.0 Å². The van der Waals surface area contributed by atoms with Crippen molar-refractivity contribution >= 4 is 17.2 Å². The first-order chi connectivity index (χ1) is 10.5. The fourth-order valence-corrected chi connectivity index (χ4v) is 2.42. The van der Waals surface area contributed by atoms with Gasteiger partial charge in [0.2, 0.25) is 5.91 Å². The SMILES string of the molecule is C=C/C(OC1CC(NC(C)=O)C1)=c1/cccn/c1=C(/C)C#N. The van der Waals surface area contributed by atoms with Crippen LogP contribution in [0.25, 0.3) is 11.3 Å². The Morgan fingerprint density at radius 2 is 2.27 bits per heavy atom. The molecule has 0 bridgehead atoms. The van der Waals surface area contributed by atoms with Crippen LogP contribution >= 0.6 is 0 Å². The summed E-state index contributed by atoms with van der Waals surface area (Å²) in [6.07, 6.45) is 4.87. The lowest BCUT2D eigenvalue weighted by Gasteiger charge is -2.35. The van der Waals surface area contributed by atoms with E-state index in [1.807, 2.05) is 6.07 Å². The molecule has 1 amide bonds. The van der Waals surface area contributed by atoms with Gasteiger partial charge in [-0.3, -0.25) is 9.78 Å². The molecule has 1 heterocycles. The minimum atomic E-state index is -0.0230. The number of nitriles is 1. The summed E-state index contributed by atoms with van der Waals surface area (Å²) in [7, 11) is 0. The van der Waals surface area contributed by atoms with E-state index in [2.05, 4.69) is 22.9 Å². The highest BCUT2D eigenvalue weighted by molar-refractivity contribution is 5.73. The molecule has 114 valence electrons. The molecule has 0 unspecified atom stereocenters. The number of carbonyl (C=O) groups is 1. The van der Waals surface area contributed by atoms with Crippen LogP contribution in [-0.4, -0.2) is 23.0 Å². The second-order valence-corrected chi connectivity index (χ2v) is 5.31. The van der Waals surface area contributed by atoms with Gasteiger partial charge < -0.3 is 10.1 Å². The normalized spacial score (nSPS) is 22.6. The molecule has 1 aliphatic rings. The van der Waals surface area contributed by atoms with E-state index in [9.17, 15) is 4.79 Å². The number of nitrogens with one attached hydrogen (secondary N) is 1. The number of amides is 1. The third-order valence-electron chi connectivity index (χ3n) is 3.58. The maximum atomic E-state index is 11.0. The van der Waals surface area contributed by atoms with Crippen LogP contribution in [0.1, 0.15) is 26.7 Å². The highest BCUT2D eigenvalue weighted by Crippen LogP contribution is 2.25. The smallest absolute Gasteiger partial charge is 0.217 e. The van der Waals surface area contributed by atoms with E-state index < -0.39 is 0 Å². The van der Waals surface area contributed by atoms with Gasteiger partial charge in [-0.1, -0.05) is 6.58 Å². The monoisotopic (exact) mass is 297 g/mol. The van der Waals surface area contributed by atoms with E-state index in [0.717, 1.165) is 18.1 Å². The predicted octanol–water partition coefficient (Wildman–Crippen LogP) is 0.754. The molecule has 1 aromatic rings. The van der Waals surface area contributed by atoms with Crippen LogP contribution in [0.3, 0.4) is 0 Å². The first kappa shape index (κ1) is 15.8. The van der Waals surface area contributed by atoms with Gasteiger partial charge >= 0.3 is 0 Å². The second-order valence-electron chi connectivity index (χ2n) is 5.31. The van der Waals surface area contributed by atoms with Crippen molar-refractivity contribution < 1.29 is 9.53 Å². The molecule has 1 fully saturated rings. The molecular weight excluding hydrogens is 278 g/mol. The van der Waals surface area contributed by atoms with Gasteiger partial charge in [0, 0.05) is 37.2 Å². The molecule has 1 N–H and O–H groups in total. The summed E-state index contributed by atoms with van der Waals surface area (Å²) in [4.78, 5) is 15.2. The molecule has 0 radical (unpaired) electrons. The summed E-state index contributed by atoms with van der Waals surface area (Å²) in [5.74, 6) is 0.592. The Labute approximate surface area is 129 Å². The number of hydrogen-bond acceptors (Lipinski definition) is 4. The van der Waals surface area contributed by atoms with Crippen molar-refractivity contribution in [3.63, 3.8) is 0 Å². The molecular formula is C17H19N3O2. The maximum Gasteiger partial charge on any atom is 0.217 e. The molecule has 0 atom stereocenters. The van der Waals surface area contributed by atoms with E-state index in [-0.39, 0.29) is 18.1 Å². The Kier molecular flexibility index (Phi) is 4.95. The average Bonchev–Trinajstić information content (AvgIpc) is 2.48. The Bertz CT molecular complexity index is 740. The van der Waals surface area contributed by atoms with Crippen molar-refractivity contribution in [1.29, 1.82) is 5.26 Å². The van der Waals surface area contributed by atoms with Crippen LogP contribution in [0, 0.1) is 11.3 Å². The first-order valence-corrected chi connectivity index (χ1v) is 7.17. The van der Waals surface area contributed by atoms with Crippen LogP contribution in [0.5, 0.6) is 0 Å². The Morgan fingerprint density at radius 1 is 1.55 bits per heavy atom. The summed E-state index contributed by atoms with van der Waals surface area (Å²) in [6.45, 7) is 7.03. The van der Waals surface area contributed by atoms with Gasteiger partial charge in [-0.05, 0) is 25.1 Å². The zero-order chi connectivity index (χ0) is 16.1. The number of aromatic nitrogens is 1. The number of pyridine rings is 1. The predicted molar refractivity (Wildman–Crippen MR) is 83.5 cm³/mol. The highest BCUT2D eigenvalue weighted by Gasteiger charge is 2.31. The quantitative estimate of drug-likeness (QED) is 0.890. The lowest BCUT2D eigenvalue weighted by molar-refractivity contribution is -0.120. The fourth-order valence-electron chi connectivity index (χ4n) is 2.42. The highest BCUT2D eigenvalue weighted by atomic mass is 16.5. The minimum Gasteiger partial charge on any atom is -0.490 e. The Hall–Kier alpha value is -2.61. The number of nitrogens with zero attached hydrogens (tertiary/aromatic N) is 2. The molecule has 0 aromatic carbocycles. The number of rotatable bonds is 4. The van der Waals surface area contributed by atoms with Gasteiger partial charge in [0.05, 0.1) is 17.0 Å². The molecule has 5 nitrogen and oxygen atoms in total. The molecule has 22 heavy (non-hydrogen) atoms. The maximum absolute atomic E-state index is 11.0. The molecule has 0 aliphatic heterocycles. The van der Waals surface area contributed by atoms with Crippen LogP contribution in [-0.2, 0) is 9.53 Å². The zero-order valence-corrected chi connectivity index (χ0v) is 12.8. The molecule has 1 aliphatic carbocycles. The van der Waals surface area contributed by atoms with Crippen molar-refractivity contribution in [2.24, 2.45) is 0 Å². The Morgan fingerprint density at radius 3 is 2.86 bits per heavy atom. The van der Waals surface area contributed by atoms with E-state index in [4.69, 9.17) is 10.00 Å². The van der Waals surface area contributed by atoms with Crippen molar-refractivity contribution in [2.75, 3.05) is 0 Å². The minimum absolute atomic E-state index is 0.0230. The summed E-state index contributed by atoms with van der Waals surface area (Å²) in [5, 5.41) is 13.3. The van der Waals surface area contributed by atoms with Crippen molar-refractivity contribution in [2.45, 2.75) is 38.8 Å². The third-order valence-corrected chi connectivity index (χ3v) is 3.58. The zero-order valence-electron chi connectivity index (χ0n) is 12.8. The van der Waals surface area contributed by atoms with E-state index >= 15 is 0 Å². The lowest BCUT2D eigenvalue weighted by Crippen LogP contribution is -2.47. The van der Waals surface area contributed by atoms with E-state index in [1.54, 1.807) is 25.3 Å². The molecule has 1 saturated carbocycles. The molecule has 5 heteroatoms. The topological polar surface area (TPSA) is 75.0 Å². The van der Waals surface area contributed by atoms with Crippen molar-refractivity contribution in [1.82, 2.24) is 10.3 Å². The summed E-state index contributed by atoms with van der Waals surface area (Å²) >= 11 is 0. The van der Waals surface area contributed by atoms with Gasteiger partial charge in [0.1, 0.15) is 11.9 Å². The van der Waals surface area contributed by atoms with Crippen molar-refractivity contribution in [3.05, 3.63) is 41.6 Å². The van der Waals surface area contributed by atoms with Crippen LogP contribution in [0.2, 0.25) is 0 Å². The molecule has 0 saturated heterocycles. The Balaban J connectivity index is 2.26. The summed E-state index contributed by atoms with van der Waals surface area (Å²) in [5.41, 5.74) is 0.531. The van der Waals surface area contributed by atoms with E-state index in [0.29, 0.717) is 16.7 Å². The summed E-state index contributed by atoms with van der Waals surface area (Å²) < 4.78 is 5.95. The average molecular weight is 297 g/mol. The largest absolute Gasteiger partial charge is 0.490 e. The first-order valence-electron chi connectivity index (χ1n) is 7.17. The number of hydrogen-bond donors (Lipinski definition) is 1. The number of ether oxygens (including phenoxy) is 1. The fraction of sp³-hybridized carbons (Fsp3) is 0.353. The van der Waals surface area contributed by atoms with Crippen molar-refractivity contribution in [3.8, 4) is 6.07 Å². The van der Waals surface area contributed by atoms with E-state index in [1.165, 1.54) is 6.92 Å². The van der Waals surface area contributed by atoms with Gasteiger partial charge in [-0.25, -0.2) is 0 Å². The number of carbonyl (C=O) groups excluding carboxylic acids is 1. The third kappa shape index (κ3) is 3.53.